The van der Waals surface area contributed by atoms with Gasteiger partial charge in [-0.25, -0.2) is 0 Å². The highest BCUT2D eigenvalue weighted by atomic mass is 35.5. The maximum atomic E-state index is 11.0. The largest absolute Gasteiger partial charge is 0.466 e. The summed E-state index contributed by atoms with van der Waals surface area (Å²) in [6.07, 6.45) is 0.693. The Bertz CT molecular complexity index is 128. The minimum absolute atomic E-state index is 0. The fourth-order valence-corrected chi connectivity index (χ4v) is 0.938. The van der Waals surface area contributed by atoms with Gasteiger partial charge < -0.3 is 10.5 Å². The first kappa shape index (κ1) is 14.3. The molecule has 0 heterocycles. The van der Waals surface area contributed by atoms with Gasteiger partial charge in [0.15, 0.2) is 0 Å². The molecule has 74 valence electrons. The predicted octanol–water partition coefficient (Wildman–Crippen LogP) is 1.34. The van der Waals surface area contributed by atoms with E-state index in [2.05, 4.69) is 0 Å². The highest BCUT2D eigenvalue weighted by Crippen LogP contribution is 2.06. The van der Waals surface area contributed by atoms with Crippen LogP contribution in [-0.2, 0) is 9.53 Å². The Morgan fingerprint density at radius 2 is 2.00 bits per heavy atom. The van der Waals surface area contributed by atoms with Crippen LogP contribution in [0.1, 0.15) is 27.2 Å². The number of esters is 1. The second-order valence-electron chi connectivity index (χ2n) is 2.87. The normalized spacial score (nSPS) is 14.3. The molecule has 12 heavy (non-hydrogen) atoms. The maximum Gasteiger partial charge on any atom is 0.308 e. The van der Waals surface area contributed by atoms with E-state index in [9.17, 15) is 4.79 Å². The third kappa shape index (κ3) is 6.43. The van der Waals surface area contributed by atoms with Crippen LogP contribution >= 0.6 is 12.4 Å². The van der Waals surface area contributed by atoms with Gasteiger partial charge in [-0.05, 0) is 20.3 Å². The second kappa shape index (κ2) is 7.37. The maximum absolute atomic E-state index is 11.0. The molecule has 0 radical (unpaired) electrons. The summed E-state index contributed by atoms with van der Waals surface area (Å²) in [5.41, 5.74) is 5.52. The molecule has 0 rings (SSSR count). The van der Waals surface area contributed by atoms with E-state index in [4.69, 9.17) is 10.5 Å². The van der Waals surface area contributed by atoms with E-state index in [-0.39, 0.29) is 30.3 Å². The topological polar surface area (TPSA) is 52.3 Å². The molecule has 0 fully saturated rings. The van der Waals surface area contributed by atoms with Crippen molar-refractivity contribution < 1.29 is 9.53 Å². The first-order chi connectivity index (χ1) is 5.07. The standard InChI is InChI=1S/C8H17NO2.ClH/c1-4-11-8(10)6(2)5-7(3)9;/h6-7H,4-5,9H2,1-3H3;1H. The van der Waals surface area contributed by atoms with E-state index < -0.39 is 0 Å². The Hall–Kier alpha value is -0.280. The van der Waals surface area contributed by atoms with Gasteiger partial charge in [0, 0.05) is 6.04 Å². The predicted molar refractivity (Wildman–Crippen MR) is 51.3 cm³/mol. The molecular weight excluding hydrogens is 178 g/mol. The SMILES string of the molecule is CCOC(=O)C(C)CC(C)N.Cl. The molecule has 0 aromatic rings. The van der Waals surface area contributed by atoms with Crippen LogP contribution in [0.25, 0.3) is 0 Å². The van der Waals surface area contributed by atoms with Gasteiger partial charge >= 0.3 is 5.97 Å². The van der Waals surface area contributed by atoms with Crippen LogP contribution in [0.5, 0.6) is 0 Å². The molecule has 2 atom stereocenters. The monoisotopic (exact) mass is 195 g/mol. The summed E-state index contributed by atoms with van der Waals surface area (Å²) in [6.45, 7) is 5.97. The summed E-state index contributed by atoms with van der Waals surface area (Å²) in [5, 5.41) is 0. The molecular formula is C8H18ClNO2. The third-order valence-corrected chi connectivity index (χ3v) is 1.41. The summed E-state index contributed by atoms with van der Waals surface area (Å²) in [6, 6.07) is 0.0643. The highest BCUT2D eigenvalue weighted by Gasteiger charge is 2.14. The van der Waals surface area contributed by atoms with Gasteiger partial charge in [-0.15, -0.1) is 12.4 Å². The fraction of sp³-hybridized carbons (Fsp3) is 0.875. The lowest BCUT2D eigenvalue weighted by atomic mass is 10.0. The average molecular weight is 196 g/mol. The first-order valence-electron chi connectivity index (χ1n) is 4.00. The number of rotatable bonds is 4. The van der Waals surface area contributed by atoms with E-state index in [1.165, 1.54) is 0 Å². The van der Waals surface area contributed by atoms with Gasteiger partial charge in [0.25, 0.3) is 0 Å². The quantitative estimate of drug-likeness (QED) is 0.689. The molecule has 2 unspecified atom stereocenters. The lowest BCUT2D eigenvalue weighted by Crippen LogP contribution is -2.24. The lowest BCUT2D eigenvalue weighted by molar-refractivity contribution is -0.147. The van der Waals surface area contributed by atoms with Crippen molar-refractivity contribution in [1.29, 1.82) is 0 Å². The van der Waals surface area contributed by atoms with Gasteiger partial charge in [-0.1, -0.05) is 6.92 Å². The summed E-state index contributed by atoms with van der Waals surface area (Å²) in [7, 11) is 0. The molecule has 0 saturated carbocycles. The molecule has 0 aliphatic heterocycles. The van der Waals surface area contributed by atoms with Crippen molar-refractivity contribution in [3.63, 3.8) is 0 Å². The molecule has 0 aromatic heterocycles. The van der Waals surface area contributed by atoms with Crippen LogP contribution in [0.15, 0.2) is 0 Å². The Kier molecular flexibility index (Phi) is 8.76. The Morgan fingerprint density at radius 1 is 1.50 bits per heavy atom. The van der Waals surface area contributed by atoms with E-state index in [1.807, 2.05) is 13.8 Å². The number of nitrogens with two attached hydrogens (primary N) is 1. The summed E-state index contributed by atoms with van der Waals surface area (Å²) in [4.78, 5) is 11.0. The van der Waals surface area contributed by atoms with Crippen LogP contribution in [0.3, 0.4) is 0 Å². The zero-order valence-corrected chi connectivity index (χ0v) is 8.69. The minimum Gasteiger partial charge on any atom is -0.466 e. The second-order valence-corrected chi connectivity index (χ2v) is 2.87. The summed E-state index contributed by atoms with van der Waals surface area (Å²) in [5.74, 6) is -0.222. The van der Waals surface area contributed by atoms with Crippen molar-refractivity contribution in [2.75, 3.05) is 6.61 Å². The Labute approximate surface area is 80.1 Å². The molecule has 0 amide bonds. The zero-order chi connectivity index (χ0) is 8.85. The molecule has 4 heteroatoms. The first-order valence-corrected chi connectivity index (χ1v) is 4.00. The molecule has 0 aliphatic carbocycles. The summed E-state index contributed by atoms with van der Waals surface area (Å²) >= 11 is 0. The van der Waals surface area contributed by atoms with Gasteiger partial charge in [-0.3, -0.25) is 4.79 Å². The van der Waals surface area contributed by atoms with Crippen LogP contribution in [-0.4, -0.2) is 18.6 Å². The van der Waals surface area contributed by atoms with Crippen molar-refractivity contribution in [2.24, 2.45) is 11.7 Å². The Morgan fingerprint density at radius 3 is 2.33 bits per heavy atom. The van der Waals surface area contributed by atoms with Gasteiger partial charge in [0.1, 0.15) is 0 Å². The fourth-order valence-electron chi connectivity index (χ4n) is 0.938. The minimum atomic E-state index is -0.148. The third-order valence-electron chi connectivity index (χ3n) is 1.41. The van der Waals surface area contributed by atoms with Crippen LogP contribution in [0.4, 0.5) is 0 Å². The molecule has 0 aliphatic rings. The molecule has 0 bridgehead atoms. The van der Waals surface area contributed by atoms with Crippen molar-refractivity contribution in [3.05, 3.63) is 0 Å². The van der Waals surface area contributed by atoms with E-state index in [1.54, 1.807) is 6.92 Å². The van der Waals surface area contributed by atoms with Crippen LogP contribution in [0.2, 0.25) is 0 Å². The van der Waals surface area contributed by atoms with Crippen LogP contribution < -0.4 is 5.73 Å². The van der Waals surface area contributed by atoms with E-state index in [0.717, 1.165) is 0 Å². The van der Waals surface area contributed by atoms with Crippen molar-refractivity contribution in [3.8, 4) is 0 Å². The number of halogens is 1. The van der Waals surface area contributed by atoms with E-state index in [0.29, 0.717) is 13.0 Å². The van der Waals surface area contributed by atoms with Crippen LogP contribution in [0, 0.1) is 5.92 Å². The number of carbonyl (C=O) groups excluding carboxylic acids is 1. The molecule has 3 nitrogen and oxygen atoms in total. The highest BCUT2D eigenvalue weighted by molar-refractivity contribution is 5.85. The average Bonchev–Trinajstić information content (AvgIpc) is 1.86. The van der Waals surface area contributed by atoms with Gasteiger partial charge in [0.05, 0.1) is 12.5 Å². The van der Waals surface area contributed by atoms with Crippen molar-refractivity contribution in [1.82, 2.24) is 0 Å². The smallest absolute Gasteiger partial charge is 0.308 e. The number of hydrogen-bond acceptors (Lipinski definition) is 3. The zero-order valence-electron chi connectivity index (χ0n) is 7.87. The summed E-state index contributed by atoms with van der Waals surface area (Å²) < 4.78 is 4.81. The number of hydrogen-bond donors (Lipinski definition) is 1. The Balaban J connectivity index is 0. The van der Waals surface area contributed by atoms with Crippen molar-refractivity contribution >= 4 is 18.4 Å². The van der Waals surface area contributed by atoms with Gasteiger partial charge in [0.2, 0.25) is 0 Å². The number of carbonyl (C=O) groups is 1. The number of ether oxygens (including phenoxy) is 1. The lowest BCUT2D eigenvalue weighted by Gasteiger charge is -2.11. The molecule has 0 saturated heterocycles. The van der Waals surface area contributed by atoms with E-state index >= 15 is 0 Å². The molecule has 2 N–H and O–H groups in total. The molecule has 0 spiro atoms. The molecule has 0 aromatic carbocycles. The van der Waals surface area contributed by atoms with Gasteiger partial charge in [-0.2, -0.15) is 0 Å². The van der Waals surface area contributed by atoms with Crippen molar-refractivity contribution in [2.45, 2.75) is 33.2 Å².